The summed E-state index contributed by atoms with van der Waals surface area (Å²) in [5.74, 6) is -1.63. The van der Waals surface area contributed by atoms with Crippen LogP contribution in [0.25, 0.3) is 0 Å². The Morgan fingerprint density at radius 2 is 1.76 bits per heavy atom. The SMILES string of the molecule is O=C1OC(=O)c2c(Sc3ccccc3)cc([N+](=O)[O-])cc21. The summed E-state index contributed by atoms with van der Waals surface area (Å²) in [5, 5.41) is 11.0. The van der Waals surface area contributed by atoms with E-state index in [-0.39, 0.29) is 16.8 Å². The molecule has 2 aromatic carbocycles. The lowest BCUT2D eigenvalue weighted by Gasteiger charge is -2.05. The summed E-state index contributed by atoms with van der Waals surface area (Å²) in [6, 6.07) is 11.4. The molecule has 104 valence electrons. The molecule has 0 fully saturated rings. The molecule has 0 aromatic heterocycles. The molecule has 0 aliphatic carbocycles. The maximum Gasteiger partial charge on any atom is 0.348 e. The van der Waals surface area contributed by atoms with Gasteiger partial charge in [0, 0.05) is 21.9 Å². The van der Waals surface area contributed by atoms with Crippen LogP contribution in [0.15, 0.2) is 52.3 Å². The van der Waals surface area contributed by atoms with Crippen molar-refractivity contribution in [2.24, 2.45) is 0 Å². The number of rotatable bonds is 3. The van der Waals surface area contributed by atoms with Gasteiger partial charge in [-0.15, -0.1) is 0 Å². The Morgan fingerprint density at radius 1 is 1.05 bits per heavy atom. The summed E-state index contributed by atoms with van der Waals surface area (Å²) in [6.07, 6.45) is 0. The number of benzene rings is 2. The van der Waals surface area contributed by atoms with E-state index in [1.807, 2.05) is 18.2 Å². The summed E-state index contributed by atoms with van der Waals surface area (Å²) >= 11 is 1.17. The van der Waals surface area contributed by atoms with Gasteiger partial charge < -0.3 is 4.74 Å². The second kappa shape index (κ2) is 5.02. The zero-order valence-electron chi connectivity index (χ0n) is 10.4. The maximum atomic E-state index is 11.7. The first-order chi connectivity index (χ1) is 10.1. The molecule has 21 heavy (non-hydrogen) atoms. The fourth-order valence-electron chi connectivity index (χ4n) is 1.96. The quantitative estimate of drug-likeness (QED) is 0.375. The second-order valence-electron chi connectivity index (χ2n) is 4.22. The molecule has 1 heterocycles. The average molecular weight is 301 g/mol. The van der Waals surface area contributed by atoms with Gasteiger partial charge in [0.2, 0.25) is 0 Å². The predicted molar refractivity (Wildman–Crippen MR) is 73.4 cm³/mol. The lowest BCUT2D eigenvalue weighted by Crippen LogP contribution is -1.98. The largest absolute Gasteiger partial charge is 0.386 e. The number of non-ortho nitro benzene ring substituents is 1. The summed E-state index contributed by atoms with van der Waals surface area (Å²) in [4.78, 5) is 34.8. The predicted octanol–water partition coefficient (Wildman–Crippen LogP) is 3.06. The van der Waals surface area contributed by atoms with Crippen molar-refractivity contribution in [3.63, 3.8) is 0 Å². The zero-order valence-corrected chi connectivity index (χ0v) is 11.3. The molecule has 2 aromatic rings. The van der Waals surface area contributed by atoms with E-state index in [9.17, 15) is 19.7 Å². The Bertz CT molecular complexity index is 772. The zero-order chi connectivity index (χ0) is 15.0. The number of carbonyl (C=O) groups is 2. The first-order valence-electron chi connectivity index (χ1n) is 5.88. The standard InChI is InChI=1S/C14H7NO5S/c16-13-10-6-8(15(18)19)7-11(12(10)14(17)20-13)21-9-4-2-1-3-5-9/h1-7H. The molecular weight excluding hydrogens is 294 g/mol. The van der Waals surface area contributed by atoms with E-state index in [4.69, 9.17) is 0 Å². The first kappa shape index (κ1) is 13.3. The van der Waals surface area contributed by atoms with Crippen LogP contribution in [0.4, 0.5) is 5.69 Å². The second-order valence-corrected chi connectivity index (χ2v) is 5.33. The van der Waals surface area contributed by atoms with Crippen LogP contribution >= 0.6 is 11.8 Å². The lowest BCUT2D eigenvalue weighted by molar-refractivity contribution is -0.385. The molecule has 0 amide bonds. The van der Waals surface area contributed by atoms with Gasteiger partial charge in [0.05, 0.1) is 16.1 Å². The molecule has 0 unspecified atom stereocenters. The Balaban J connectivity index is 2.15. The van der Waals surface area contributed by atoms with Gasteiger partial charge in [-0.05, 0) is 12.1 Å². The fourth-order valence-corrected chi connectivity index (χ4v) is 2.99. The number of ether oxygens (including phenoxy) is 1. The van der Waals surface area contributed by atoms with E-state index in [1.54, 1.807) is 12.1 Å². The van der Waals surface area contributed by atoms with E-state index in [1.165, 1.54) is 17.8 Å². The molecule has 3 rings (SSSR count). The van der Waals surface area contributed by atoms with E-state index in [0.29, 0.717) is 4.90 Å². The van der Waals surface area contributed by atoms with Crippen LogP contribution in [0.5, 0.6) is 0 Å². The van der Waals surface area contributed by atoms with Gasteiger partial charge in [-0.3, -0.25) is 10.1 Å². The third-order valence-electron chi connectivity index (χ3n) is 2.88. The highest BCUT2D eigenvalue weighted by atomic mass is 32.2. The third-order valence-corrected chi connectivity index (χ3v) is 3.93. The molecular formula is C14H7NO5S. The number of hydrogen-bond donors (Lipinski definition) is 0. The van der Waals surface area contributed by atoms with Crippen molar-refractivity contribution in [3.05, 3.63) is 63.7 Å². The highest BCUT2D eigenvalue weighted by Gasteiger charge is 2.35. The molecule has 0 saturated carbocycles. The van der Waals surface area contributed by atoms with Crippen LogP contribution in [0, 0.1) is 10.1 Å². The summed E-state index contributed by atoms with van der Waals surface area (Å²) in [5.41, 5.74) is -0.231. The van der Waals surface area contributed by atoms with Gasteiger partial charge in [-0.2, -0.15) is 0 Å². The number of nitro benzene ring substituents is 1. The smallest absolute Gasteiger partial charge is 0.348 e. The van der Waals surface area contributed by atoms with Gasteiger partial charge in [0.15, 0.2) is 0 Å². The number of fused-ring (bicyclic) bond motifs is 1. The van der Waals surface area contributed by atoms with Crippen LogP contribution in [0.2, 0.25) is 0 Å². The average Bonchev–Trinajstić information content (AvgIpc) is 2.75. The monoisotopic (exact) mass is 301 g/mol. The molecule has 1 aliphatic rings. The van der Waals surface area contributed by atoms with Crippen molar-refractivity contribution in [2.45, 2.75) is 9.79 Å². The summed E-state index contributed by atoms with van der Waals surface area (Å²) < 4.78 is 4.53. The highest BCUT2D eigenvalue weighted by molar-refractivity contribution is 7.99. The highest BCUT2D eigenvalue weighted by Crippen LogP contribution is 2.38. The molecule has 0 radical (unpaired) electrons. The van der Waals surface area contributed by atoms with E-state index >= 15 is 0 Å². The van der Waals surface area contributed by atoms with Crippen molar-refractivity contribution in [1.29, 1.82) is 0 Å². The summed E-state index contributed by atoms with van der Waals surface area (Å²) in [6.45, 7) is 0. The van der Waals surface area contributed by atoms with Crippen LogP contribution < -0.4 is 0 Å². The minimum atomic E-state index is -0.853. The number of nitro groups is 1. The van der Waals surface area contributed by atoms with E-state index in [2.05, 4.69) is 4.74 Å². The molecule has 0 spiro atoms. The Hall–Kier alpha value is -2.67. The van der Waals surface area contributed by atoms with Crippen molar-refractivity contribution < 1.29 is 19.2 Å². The van der Waals surface area contributed by atoms with Gasteiger partial charge in [-0.1, -0.05) is 30.0 Å². The molecule has 1 aliphatic heterocycles. The van der Waals surface area contributed by atoms with Crippen LogP contribution in [-0.2, 0) is 4.74 Å². The third kappa shape index (κ3) is 2.38. The molecule has 7 heteroatoms. The number of carbonyl (C=O) groups excluding carboxylic acids is 2. The van der Waals surface area contributed by atoms with Crippen molar-refractivity contribution in [2.75, 3.05) is 0 Å². The number of nitrogens with zero attached hydrogens (tertiary/aromatic N) is 1. The van der Waals surface area contributed by atoms with E-state index < -0.39 is 16.9 Å². The topological polar surface area (TPSA) is 86.5 Å². The van der Waals surface area contributed by atoms with Crippen molar-refractivity contribution in [1.82, 2.24) is 0 Å². The molecule has 0 bridgehead atoms. The lowest BCUT2D eigenvalue weighted by atomic mass is 10.1. The van der Waals surface area contributed by atoms with Gasteiger partial charge in [0.1, 0.15) is 0 Å². The Morgan fingerprint density at radius 3 is 2.43 bits per heavy atom. The summed E-state index contributed by atoms with van der Waals surface area (Å²) in [7, 11) is 0. The normalized spacial score (nSPS) is 13.0. The first-order valence-corrected chi connectivity index (χ1v) is 6.70. The molecule has 0 saturated heterocycles. The van der Waals surface area contributed by atoms with Crippen LogP contribution in [0.3, 0.4) is 0 Å². The number of cyclic esters (lactones) is 2. The van der Waals surface area contributed by atoms with Crippen LogP contribution in [-0.4, -0.2) is 16.9 Å². The fraction of sp³-hybridized carbons (Fsp3) is 0. The molecule has 0 atom stereocenters. The maximum absolute atomic E-state index is 11.7. The molecule has 6 nitrogen and oxygen atoms in total. The molecule has 0 N–H and O–H groups in total. The van der Waals surface area contributed by atoms with Crippen molar-refractivity contribution in [3.8, 4) is 0 Å². The van der Waals surface area contributed by atoms with Crippen LogP contribution in [0.1, 0.15) is 20.7 Å². The van der Waals surface area contributed by atoms with Gasteiger partial charge in [0.25, 0.3) is 5.69 Å². The Kier molecular flexibility index (Phi) is 3.19. The minimum Gasteiger partial charge on any atom is -0.386 e. The minimum absolute atomic E-state index is 0.0624. The van der Waals surface area contributed by atoms with Crippen molar-refractivity contribution >= 4 is 29.4 Å². The van der Waals surface area contributed by atoms with Gasteiger partial charge in [-0.25, -0.2) is 9.59 Å². The number of esters is 2. The van der Waals surface area contributed by atoms with E-state index in [0.717, 1.165) is 11.0 Å². The van der Waals surface area contributed by atoms with Gasteiger partial charge >= 0.3 is 11.9 Å². The number of hydrogen-bond acceptors (Lipinski definition) is 6. The Labute approximate surface area is 122 Å².